The van der Waals surface area contributed by atoms with Crippen LogP contribution in [0.1, 0.15) is 32.1 Å². The number of aliphatic hydroxyl groups excluding tert-OH is 1. The fraction of sp³-hybridized carbons (Fsp3) is 1.00. The highest BCUT2D eigenvalue weighted by Gasteiger charge is 2.33. The van der Waals surface area contributed by atoms with E-state index in [-0.39, 0.29) is 12.1 Å². The number of hydrogen-bond acceptors (Lipinski definition) is 3. The molecule has 0 heterocycles. The topological polar surface area (TPSA) is 49.5 Å². The van der Waals surface area contributed by atoms with E-state index in [1.54, 1.807) is 0 Å². The van der Waals surface area contributed by atoms with Gasteiger partial charge in [-0.1, -0.05) is 19.3 Å². The van der Waals surface area contributed by atoms with E-state index in [4.69, 9.17) is 10.8 Å². The van der Waals surface area contributed by atoms with Crippen LogP contribution in [0.15, 0.2) is 0 Å². The summed E-state index contributed by atoms with van der Waals surface area (Å²) in [6, 6.07) is 0. The molecule has 1 aliphatic carbocycles. The Morgan fingerprint density at radius 3 is 2.38 bits per heavy atom. The lowest BCUT2D eigenvalue weighted by atomic mass is 9.80. The minimum absolute atomic E-state index is 0.182. The molecule has 1 rings (SSSR count). The molecule has 0 radical (unpaired) electrons. The molecule has 78 valence electrons. The molecular weight excluding hydrogens is 164 g/mol. The average Bonchev–Trinajstić information content (AvgIpc) is 2.19. The van der Waals surface area contributed by atoms with E-state index in [1.165, 1.54) is 32.1 Å². The maximum absolute atomic E-state index is 8.89. The van der Waals surface area contributed by atoms with Gasteiger partial charge in [0.05, 0.1) is 6.61 Å². The molecule has 0 amide bonds. The van der Waals surface area contributed by atoms with Gasteiger partial charge in [0.2, 0.25) is 0 Å². The van der Waals surface area contributed by atoms with Crippen LogP contribution in [0.4, 0.5) is 0 Å². The molecule has 0 spiro atoms. The minimum Gasteiger partial charge on any atom is -0.395 e. The number of rotatable bonds is 4. The van der Waals surface area contributed by atoms with E-state index >= 15 is 0 Å². The number of β-amino-alcohol motifs (C(OH)–C–C–N with tert-alkyl or cyclic N) is 1. The molecule has 1 saturated carbocycles. The van der Waals surface area contributed by atoms with Crippen molar-refractivity contribution in [3.8, 4) is 0 Å². The van der Waals surface area contributed by atoms with Crippen molar-refractivity contribution in [3.05, 3.63) is 0 Å². The fourth-order valence-electron chi connectivity index (χ4n) is 2.34. The van der Waals surface area contributed by atoms with E-state index in [2.05, 4.69) is 11.9 Å². The lowest BCUT2D eigenvalue weighted by Crippen LogP contribution is -2.54. The van der Waals surface area contributed by atoms with Crippen LogP contribution in [-0.2, 0) is 0 Å². The highest BCUT2D eigenvalue weighted by atomic mass is 16.3. The largest absolute Gasteiger partial charge is 0.395 e. The number of nitrogens with two attached hydrogens (primary N) is 1. The van der Waals surface area contributed by atoms with Crippen LogP contribution in [0, 0.1) is 0 Å². The van der Waals surface area contributed by atoms with Crippen molar-refractivity contribution in [1.29, 1.82) is 0 Å². The Hall–Kier alpha value is -0.120. The Labute approximate surface area is 80.9 Å². The first kappa shape index (κ1) is 11.0. The lowest BCUT2D eigenvalue weighted by molar-refractivity contribution is 0.0656. The molecule has 0 aromatic rings. The molecule has 3 heteroatoms. The summed E-state index contributed by atoms with van der Waals surface area (Å²) >= 11 is 0. The second-order valence-electron chi connectivity index (χ2n) is 4.13. The molecule has 0 aromatic carbocycles. The van der Waals surface area contributed by atoms with Gasteiger partial charge in [-0.05, 0) is 19.9 Å². The highest BCUT2D eigenvalue weighted by Crippen LogP contribution is 2.31. The van der Waals surface area contributed by atoms with Crippen molar-refractivity contribution in [2.45, 2.75) is 37.6 Å². The summed E-state index contributed by atoms with van der Waals surface area (Å²) in [5, 5.41) is 8.89. The van der Waals surface area contributed by atoms with Crippen LogP contribution in [0.5, 0.6) is 0 Å². The van der Waals surface area contributed by atoms with Crippen molar-refractivity contribution >= 4 is 0 Å². The highest BCUT2D eigenvalue weighted by molar-refractivity contribution is 4.92. The monoisotopic (exact) mass is 186 g/mol. The Morgan fingerprint density at radius 1 is 1.31 bits per heavy atom. The molecular formula is C10H22N2O. The van der Waals surface area contributed by atoms with Gasteiger partial charge in [0.15, 0.2) is 0 Å². The molecule has 0 atom stereocenters. The number of likely N-dealkylation sites (N-methyl/N-ethyl adjacent to an activating group) is 1. The van der Waals surface area contributed by atoms with E-state index in [1.807, 2.05) is 0 Å². The molecule has 13 heavy (non-hydrogen) atoms. The first-order valence-corrected chi connectivity index (χ1v) is 5.27. The Balaban J connectivity index is 2.55. The minimum atomic E-state index is 0.182. The van der Waals surface area contributed by atoms with Crippen LogP contribution in [0.25, 0.3) is 0 Å². The lowest BCUT2D eigenvalue weighted by Gasteiger charge is -2.43. The molecule has 0 saturated heterocycles. The summed E-state index contributed by atoms with van der Waals surface area (Å²) in [5.74, 6) is 0. The Morgan fingerprint density at radius 2 is 1.92 bits per heavy atom. The molecule has 3 nitrogen and oxygen atoms in total. The zero-order valence-corrected chi connectivity index (χ0v) is 8.63. The molecule has 0 aliphatic heterocycles. The van der Waals surface area contributed by atoms with Crippen LogP contribution < -0.4 is 5.73 Å². The predicted molar refractivity (Wildman–Crippen MR) is 54.6 cm³/mol. The van der Waals surface area contributed by atoms with Crippen molar-refractivity contribution in [1.82, 2.24) is 4.90 Å². The fourth-order valence-corrected chi connectivity index (χ4v) is 2.34. The first-order chi connectivity index (χ1) is 6.25. The third kappa shape index (κ3) is 2.42. The van der Waals surface area contributed by atoms with Crippen molar-refractivity contribution in [3.63, 3.8) is 0 Å². The second kappa shape index (κ2) is 4.94. The summed E-state index contributed by atoms with van der Waals surface area (Å²) in [7, 11) is 2.08. The SMILES string of the molecule is CN(CCO)C1(CN)CCCCC1. The van der Waals surface area contributed by atoms with Gasteiger partial charge >= 0.3 is 0 Å². The number of aliphatic hydroxyl groups is 1. The molecule has 0 bridgehead atoms. The predicted octanol–water partition coefficient (Wildman–Crippen LogP) is 0.572. The van der Waals surface area contributed by atoms with E-state index in [0.717, 1.165) is 13.1 Å². The van der Waals surface area contributed by atoms with Gasteiger partial charge in [0, 0.05) is 18.6 Å². The van der Waals surface area contributed by atoms with Crippen molar-refractivity contribution < 1.29 is 5.11 Å². The second-order valence-corrected chi connectivity index (χ2v) is 4.13. The normalized spacial score (nSPS) is 22.2. The molecule has 1 fully saturated rings. The first-order valence-electron chi connectivity index (χ1n) is 5.27. The summed E-state index contributed by atoms with van der Waals surface area (Å²) in [5.41, 5.74) is 6.03. The quantitative estimate of drug-likeness (QED) is 0.675. The van der Waals surface area contributed by atoms with Gasteiger partial charge in [0.25, 0.3) is 0 Å². The van der Waals surface area contributed by atoms with Crippen LogP contribution in [-0.4, -0.2) is 42.3 Å². The molecule has 3 N–H and O–H groups in total. The third-order valence-electron chi connectivity index (χ3n) is 3.41. The van der Waals surface area contributed by atoms with E-state index in [9.17, 15) is 0 Å². The summed E-state index contributed by atoms with van der Waals surface area (Å²) in [6.07, 6.45) is 6.30. The summed E-state index contributed by atoms with van der Waals surface area (Å²) < 4.78 is 0. The maximum Gasteiger partial charge on any atom is 0.0558 e. The number of hydrogen-bond donors (Lipinski definition) is 2. The van der Waals surface area contributed by atoms with Gasteiger partial charge in [-0.15, -0.1) is 0 Å². The number of nitrogens with zero attached hydrogens (tertiary/aromatic N) is 1. The van der Waals surface area contributed by atoms with E-state index < -0.39 is 0 Å². The average molecular weight is 186 g/mol. The molecule has 0 unspecified atom stereocenters. The zero-order chi connectivity index (χ0) is 9.73. The maximum atomic E-state index is 8.89. The van der Waals surface area contributed by atoms with Gasteiger partial charge < -0.3 is 10.8 Å². The zero-order valence-electron chi connectivity index (χ0n) is 8.63. The van der Waals surface area contributed by atoms with Crippen molar-refractivity contribution in [2.24, 2.45) is 5.73 Å². The van der Waals surface area contributed by atoms with Gasteiger partial charge in [0.1, 0.15) is 0 Å². The smallest absolute Gasteiger partial charge is 0.0558 e. The van der Waals surface area contributed by atoms with Crippen LogP contribution in [0.3, 0.4) is 0 Å². The van der Waals surface area contributed by atoms with E-state index in [0.29, 0.717) is 0 Å². The van der Waals surface area contributed by atoms with Gasteiger partial charge in [-0.3, -0.25) is 4.90 Å². The standard InChI is InChI=1S/C10H22N2O/c1-12(7-8-13)10(9-11)5-3-2-4-6-10/h13H,2-9,11H2,1H3. The molecule has 0 aromatic heterocycles. The van der Waals surface area contributed by atoms with Crippen molar-refractivity contribution in [2.75, 3.05) is 26.7 Å². The van der Waals surface area contributed by atoms with Gasteiger partial charge in [-0.25, -0.2) is 0 Å². The van der Waals surface area contributed by atoms with Gasteiger partial charge in [-0.2, -0.15) is 0 Å². The third-order valence-corrected chi connectivity index (χ3v) is 3.41. The Bertz CT molecular complexity index is 144. The molecule has 1 aliphatic rings. The summed E-state index contributed by atoms with van der Waals surface area (Å²) in [6.45, 7) is 1.71. The summed E-state index contributed by atoms with van der Waals surface area (Å²) in [4.78, 5) is 2.24. The van der Waals surface area contributed by atoms with Crippen LogP contribution >= 0.6 is 0 Å². The Kier molecular flexibility index (Phi) is 4.16. The van der Waals surface area contributed by atoms with Crippen LogP contribution in [0.2, 0.25) is 0 Å².